The molecule has 2 aromatic rings. The molecule has 122 valence electrons. The average molecular weight is 317 g/mol. The van der Waals surface area contributed by atoms with Gasteiger partial charge in [0.25, 0.3) is 5.91 Å². The minimum absolute atomic E-state index is 0.217. The second-order valence-corrected chi connectivity index (χ2v) is 4.77. The third-order valence-electron chi connectivity index (χ3n) is 3.33. The lowest BCUT2D eigenvalue weighted by atomic mass is 10.1. The summed E-state index contributed by atoms with van der Waals surface area (Å²) in [6.45, 7) is 1.88. The predicted octanol–water partition coefficient (Wildman–Crippen LogP) is 1.99. The summed E-state index contributed by atoms with van der Waals surface area (Å²) in [5, 5.41) is 2.88. The van der Waals surface area contributed by atoms with Gasteiger partial charge in [0.15, 0.2) is 11.5 Å². The van der Waals surface area contributed by atoms with Gasteiger partial charge in [-0.2, -0.15) is 0 Å². The van der Waals surface area contributed by atoms with Crippen LogP contribution in [0.25, 0.3) is 0 Å². The minimum Gasteiger partial charge on any atom is -0.493 e. The van der Waals surface area contributed by atoms with Crippen molar-refractivity contribution in [3.05, 3.63) is 41.7 Å². The SMILES string of the molecule is COc1ncc(C(=O)NC(C)c2ccc(OC)c(OC)c2)cn1. The lowest BCUT2D eigenvalue weighted by molar-refractivity contribution is 0.0939. The highest BCUT2D eigenvalue weighted by Gasteiger charge is 2.14. The number of amides is 1. The molecule has 1 heterocycles. The number of hydrogen-bond donors (Lipinski definition) is 1. The van der Waals surface area contributed by atoms with Crippen LogP contribution in [-0.2, 0) is 0 Å². The zero-order valence-corrected chi connectivity index (χ0v) is 13.5. The van der Waals surface area contributed by atoms with Gasteiger partial charge in [0.1, 0.15) is 0 Å². The minimum atomic E-state index is -0.269. The second-order valence-electron chi connectivity index (χ2n) is 4.77. The van der Waals surface area contributed by atoms with Gasteiger partial charge in [-0.3, -0.25) is 4.79 Å². The molecule has 7 nitrogen and oxygen atoms in total. The number of benzene rings is 1. The Balaban J connectivity index is 2.11. The van der Waals surface area contributed by atoms with Crippen molar-refractivity contribution in [3.63, 3.8) is 0 Å². The molecule has 0 aliphatic rings. The van der Waals surface area contributed by atoms with Crippen molar-refractivity contribution in [2.24, 2.45) is 0 Å². The molecule has 1 N–H and O–H groups in total. The van der Waals surface area contributed by atoms with E-state index in [0.29, 0.717) is 17.1 Å². The Morgan fingerprint density at radius 1 is 1.04 bits per heavy atom. The molecule has 7 heteroatoms. The van der Waals surface area contributed by atoms with Gasteiger partial charge in [0.05, 0.1) is 32.9 Å². The normalized spacial score (nSPS) is 11.5. The topological polar surface area (TPSA) is 82.6 Å². The molecule has 0 radical (unpaired) electrons. The molecular formula is C16H19N3O4. The molecule has 1 unspecified atom stereocenters. The molecular weight excluding hydrogens is 298 g/mol. The first-order chi connectivity index (χ1) is 11.1. The predicted molar refractivity (Wildman–Crippen MR) is 84.0 cm³/mol. The van der Waals surface area contributed by atoms with Crippen LogP contribution in [0.3, 0.4) is 0 Å². The van der Waals surface area contributed by atoms with Crippen molar-refractivity contribution in [2.45, 2.75) is 13.0 Å². The number of nitrogens with one attached hydrogen (secondary N) is 1. The number of carbonyl (C=O) groups excluding carboxylic acids is 1. The molecule has 0 spiro atoms. The molecule has 1 aromatic carbocycles. The van der Waals surface area contributed by atoms with Crippen molar-refractivity contribution in [1.29, 1.82) is 0 Å². The Bertz CT molecular complexity index is 674. The fourth-order valence-corrected chi connectivity index (χ4v) is 2.02. The fourth-order valence-electron chi connectivity index (χ4n) is 2.02. The first-order valence-electron chi connectivity index (χ1n) is 6.97. The molecule has 0 aliphatic heterocycles. The van der Waals surface area contributed by atoms with Gasteiger partial charge >= 0.3 is 6.01 Å². The Morgan fingerprint density at radius 2 is 1.70 bits per heavy atom. The Morgan fingerprint density at radius 3 is 2.26 bits per heavy atom. The molecule has 0 fully saturated rings. The standard InChI is InChI=1S/C16H19N3O4/c1-10(11-5-6-13(21-2)14(7-11)22-3)19-15(20)12-8-17-16(23-4)18-9-12/h5-10H,1-4H3,(H,19,20). The quantitative estimate of drug-likeness (QED) is 0.877. The van der Waals surface area contributed by atoms with Crippen LogP contribution in [0.1, 0.15) is 28.9 Å². The zero-order valence-electron chi connectivity index (χ0n) is 13.5. The van der Waals surface area contributed by atoms with Gasteiger partial charge < -0.3 is 19.5 Å². The largest absolute Gasteiger partial charge is 0.493 e. The number of ether oxygens (including phenoxy) is 3. The van der Waals surface area contributed by atoms with E-state index in [1.165, 1.54) is 19.5 Å². The van der Waals surface area contributed by atoms with Gasteiger partial charge in [0.2, 0.25) is 0 Å². The summed E-state index contributed by atoms with van der Waals surface area (Å²) in [5.74, 6) is 0.979. The van der Waals surface area contributed by atoms with Crippen molar-refractivity contribution in [3.8, 4) is 17.5 Å². The monoisotopic (exact) mass is 317 g/mol. The van der Waals surface area contributed by atoms with E-state index in [9.17, 15) is 4.79 Å². The molecule has 1 atom stereocenters. The summed E-state index contributed by atoms with van der Waals surface area (Å²) in [6, 6.07) is 5.50. The van der Waals surface area contributed by atoms with Crippen molar-refractivity contribution in [1.82, 2.24) is 15.3 Å². The van der Waals surface area contributed by atoms with Crippen LogP contribution in [0.15, 0.2) is 30.6 Å². The van der Waals surface area contributed by atoms with Gasteiger partial charge in [-0.1, -0.05) is 6.07 Å². The van der Waals surface area contributed by atoms with Gasteiger partial charge in [-0.15, -0.1) is 0 Å². The van der Waals surface area contributed by atoms with E-state index in [1.54, 1.807) is 20.3 Å². The second kappa shape index (κ2) is 7.44. The van der Waals surface area contributed by atoms with Crippen LogP contribution in [0.2, 0.25) is 0 Å². The zero-order chi connectivity index (χ0) is 16.8. The summed E-state index contributed by atoms with van der Waals surface area (Å²) in [6.07, 6.45) is 2.84. The smallest absolute Gasteiger partial charge is 0.316 e. The van der Waals surface area contributed by atoms with Crippen LogP contribution >= 0.6 is 0 Å². The van der Waals surface area contributed by atoms with E-state index in [1.807, 2.05) is 19.1 Å². The van der Waals surface area contributed by atoms with Crippen molar-refractivity contribution < 1.29 is 19.0 Å². The first-order valence-corrected chi connectivity index (χ1v) is 6.97. The Labute approximate surface area is 134 Å². The maximum absolute atomic E-state index is 12.2. The highest BCUT2D eigenvalue weighted by Crippen LogP contribution is 2.29. The summed E-state index contributed by atoms with van der Waals surface area (Å²) < 4.78 is 15.3. The lowest BCUT2D eigenvalue weighted by Gasteiger charge is -2.16. The molecule has 1 amide bonds. The molecule has 0 aliphatic carbocycles. The number of methoxy groups -OCH3 is 3. The summed E-state index contributed by atoms with van der Waals surface area (Å²) in [4.78, 5) is 20.1. The first kappa shape index (κ1) is 16.5. The fraction of sp³-hybridized carbons (Fsp3) is 0.312. The van der Waals surface area contributed by atoms with E-state index >= 15 is 0 Å². The summed E-state index contributed by atoms with van der Waals surface area (Å²) in [5.41, 5.74) is 1.25. The van der Waals surface area contributed by atoms with E-state index in [2.05, 4.69) is 15.3 Å². The molecule has 2 rings (SSSR count). The number of nitrogens with zero attached hydrogens (tertiary/aromatic N) is 2. The Kier molecular flexibility index (Phi) is 5.35. The number of aromatic nitrogens is 2. The van der Waals surface area contributed by atoms with Gasteiger partial charge in [0, 0.05) is 12.4 Å². The highest BCUT2D eigenvalue weighted by atomic mass is 16.5. The van der Waals surface area contributed by atoms with Crippen LogP contribution < -0.4 is 19.5 Å². The van der Waals surface area contributed by atoms with E-state index in [-0.39, 0.29) is 18.0 Å². The van der Waals surface area contributed by atoms with Gasteiger partial charge in [-0.05, 0) is 24.6 Å². The number of rotatable bonds is 6. The van der Waals surface area contributed by atoms with E-state index in [4.69, 9.17) is 14.2 Å². The molecule has 23 heavy (non-hydrogen) atoms. The molecule has 0 bridgehead atoms. The third-order valence-corrected chi connectivity index (χ3v) is 3.33. The van der Waals surface area contributed by atoms with E-state index in [0.717, 1.165) is 5.56 Å². The van der Waals surface area contributed by atoms with Crippen LogP contribution in [0, 0.1) is 0 Å². The third kappa shape index (κ3) is 3.88. The number of hydrogen-bond acceptors (Lipinski definition) is 6. The van der Waals surface area contributed by atoms with Crippen molar-refractivity contribution in [2.75, 3.05) is 21.3 Å². The Hall–Kier alpha value is -2.83. The highest BCUT2D eigenvalue weighted by molar-refractivity contribution is 5.93. The van der Waals surface area contributed by atoms with Crippen LogP contribution in [0.5, 0.6) is 17.5 Å². The molecule has 1 aromatic heterocycles. The maximum atomic E-state index is 12.2. The molecule has 0 saturated heterocycles. The summed E-state index contributed by atoms with van der Waals surface area (Å²) >= 11 is 0. The van der Waals surface area contributed by atoms with Gasteiger partial charge in [-0.25, -0.2) is 9.97 Å². The van der Waals surface area contributed by atoms with Crippen LogP contribution in [0.4, 0.5) is 0 Å². The molecule has 0 saturated carbocycles. The number of carbonyl (C=O) groups is 1. The summed E-state index contributed by atoms with van der Waals surface area (Å²) in [7, 11) is 4.61. The van der Waals surface area contributed by atoms with E-state index < -0.39 is 0 Å². The maximum Gasteiger partial charge on any atom is 0.316 e. The van der Waals surface area contributed by atoms with Crippen molar-refractivity contribution >= 4 is 5.91 Å². The lowest BCUT2D eigenvalue weighted by Crippen LogP contribution is -2.26. The van der Waals surface area contributed by atoms with Crippen LogP contribution in [-0.4, -0.2) is 37.2 Å². The average Bonchev–Trinajstić information content (AvgIpc) is 2.60.